The number of carbonyl (C=O) groups excluding carboxylic acids is 9. The van der Waals surface area contributed by atoms with Crippen LogP contribution in [0.15, 0.2) is 78.3 Å². The highest BCUT2D eigenvalue weighted by molar-refractivity contribution is 7.70. The number of hydrogen-bond donors (Lipinski definition) is 9. The van der Waals surface area contributed by atoms with Gasteiger partial charge in [-0.1, -0.05) is 69.3 Å². The summed E-state index contributed by atoms with van der Waals surface area (Å²) in [6.07, 6.45) is 1.72. The van der Waals surface area contributed by atoms with Crippen LogP contribution in [-0.2, 0) is 62.4 Å². The zero-order valence-corrected chi connectivity index (χ0v) is 52.0. The fourth-order valence-corrected chi connectivity index (χ4v) is 12.9. The Kier molecular flexibility index (Phi) is 21.6. The van der Waals surface area contributed by atoms with E-state index in [9.17, 15) is 62.6 Å². The zero-order chi connectivity index (χ0) is 63.8. The minimum absolute atomic E-state index is 0.0336. The molecule has 0 aliphatic carbocycles. The summed E-state index contributed by atoms with van der Waals surface area (Å²) < 4.78 is 17.9. The van der Waals surface area contributed by atoms with Gasteiger partial charge < -0.3 is 66.3 Å². The van der Waals surface area contributed by atoms with E-state index in [1.165, 1.54) is 45.9 Å². The number of aromatic nitrogens is 2. The SMILES string of the molecule is CC(=O)N1CC[C@H]2CC[C@@H](C(=O)NC(CCC(N)=O)[C@@H](C)OCc3ccc(CCCCC(=O)N[C@H](C(=O)N4C[C@H](O)C[C@H]4C(=O)NCc4ccc(-c5scnc5C)cc4)C(C)(C)C)cc3)N2C(=O)[C@@H](NC(=O)c2cc3cc(C(=O)P(=O)(O)O)ccc3[nH]2)C1. The van der Waals surface area contributed by atoms with E-state index in [2.05, 4.69) is 31.2 Å². The zero-order valence-electron chi connectivity index (χ0n) is 50.3. The number of aromatic amines is 1. The molecule has 3 aromatic carbocycles. The van der Waals surface area contributed by atoms with Crippen molar-refractivity contribution in [2.24, 2.45) is 11.1 Å². The number of nitrogens with zero attached hydrogens (tertiary/aromatic N) is 4. The van der Waals surface area contributed by atoms with Crippen molar-refractivity contribution in [3.8, 4) is 10.4 Å². The molecule has 24 nitrogen and oxygen atoms in total. The molecule has 5 heterocycles. The van der Waals surface area contributed by atoms with Gasteiger partial charge in [-0.25, -0.2) is 4.98 Å². The van der Waals surface area contributed by atoms with Crippen LogP contribution in [0.1, 0.15) is 136 Å². The highest BCUT2D eigenvalue weighted by Gasteiger charge is 2.47. The number of nitrogens with one attached hydrogen (secondary N) is 5. The monoisotopic (exact) mass is 1250 g/mol. The number of aliphatic hydroxyl groups excluding tert-OH is 1. The number of nitrogens with two attached hydrogens (primary N) is 1. The lowest BCUT2D eigenvalue weighted by atomic mass is 9.85. The number of carbonyl (C=O) groups is 9. The third-order valence-corrected chi connectivity index (χ3v) is 18.3. The molecule has 2 aromatic heterocycles. The Hall–Kier alpha value is -7.67. The van der Waals surface area contributed by atoms with Gasteiger partial charge in [0.1, 0.15) is 29.9 Å². The van der Waals surface area contributed by atoms with Crippen LogP contribution < -0.4 is 27.0 Å². The maximum absolute atomic E-state index is 14.6. The predicted octanol–water partition coefficient (Wildman–Crippen LogP) is 4.51. The van der Waals surface area contributed by atoms with Crippen molar-refractivity contribution >= 4 is 82.6 Å². The highest BCUT2D eigenvalue weighted by atomic mass is 32.1. The van der Waals surface area contributed by atoms with E-state index in [1.807, 2.05) is 76.2 Å². The Morgan fingerprint density at radius 1 is 0.875 bits per heavy atom. The number of fused-ring (bicyclic) bond motifs is 2. The van der Waals surface area contributed by atoms with Crippen molar-refractivity contribution in [1.29, 1.82) is 0 Å². The Balaban J connectivity index is 0.813. The minimum atomic E-state index is -5.08. The standard InChI is InChI=1S/C62H79N10O14PS/c1-35-54(88-34-65-35)41-17-15-39(16-18-41)30-64-57(78)51-29-45(74)31-71(51)60(81)55(62(4,5)6)69-53(76)10-8-7-9-38-11-13-40(14-12-38)33-86-36(2)46(22-24-52(63)75)67-58(79)50-23-20-44-25-26-70(37(3)73)32-49(59(80)72(44)50)68-56(77)48-28-43-27-42(19-21-47(43)66-48)61(82)87(83,84)85/h11-19,21,27-28,34,36,44-46,49-51,55,66,74H,7-10,20,22-26,29-33H2,1-6H3,(H2,63,75)(H,64,78)(H,67,79)(H,68,77)(H,69,76)(H2,83,84,85)/t36-,44-,45-,46?,49+,50+,51+,55-/m1/s1. The van der Waals surface area contributed by atoms with Crippen LogP contribution in [0.25, 0.3) is 21.3 Å². The molecule has 5 aromatic rings. The lowest BCUT2D eigenvalue weighted by Gasteiger charge is -2.39. The fraction of sp³-hybridized carbons (Fsp3) is 0.484. The number of aryl methyl sites for hydroxylation is 2. The first-order valence-corrected chi connectivity index (χ1v) is 32.1. The quantitative estimate of drug-likeness (QED) is 0.0303. The number of thiazole rings is 1. The average molecular weight is 1250 g/mol. The number of benzene rings is 3. The third kappa shape index (κ3) is 16.7. The number of aliphatic hydroxyl groups is 1. The first kappa shape index (κ1) is 66.3. The molecule has 0 saturated carbocycles. The van der Waals surface area contributed by atoms with Crippen LogP contribution in [0.5, 0.6) is 0 Å². The summed E-state index contributed by atoms with van der Waals surface area (Å²) in [5, 5.41) is 22.6. The largest absolute Gasteiger partial charge is 0.396 e. The van der Waals surface area contributed by atoms with Gasteiger partial charge in [0.25, 0.3) is 11.4 Å². The molecule has 3 aliphatic heterocycles. The van der Waals surface area contributed by atoms with E-state index in [4.69, 9.17) is 10.5 Å². The molecule has 0 bridgehead atoms. The van der Waals surface area contributed by atoms with E-state index >= 15 is 0 Å². The van der Waals surface area contributed by atoms with Gasteiger partial charge in [-0.3, -0.25) is 47.7 Å². The summed E-state index contributed by atoms with van der Waals surface area (Å²) in [6, 6.07) is 15.5. The van der Waals surface area contributed by atoms with Crippen LogP contribution in [0.4, 0.5) is 0 Å². The Bertz CT molecular complexity index is 3450. The smallest absolute Gasteiger partial charge is 0.391 e. The fourth-order valence-electron chi connectivity index (χ4n) is 11.6. The number of H-pyrrole nitrogens is 1. The molecule has 3 fully saturated rings. The number of primary amides is 1. The maximum Gasteiger partial charge on any atom is 0.396 e. The Morgan fingerprint density at radius 3 is 2.24 bits per heavy atom. The van der Waals surface area contributed by atoms with Crippen molar-refractivity contribution in [1.82, 2.24) is 45.9 Å². The third-order valence-electron chi connectivity index (χ3n) is 16.6. The lowest BCUT2D eigenvalue weighted by Crippen LogP contribution is -2.61. The van der Waals surface area contributed by atoms with Gasteiger partial charge in [-0.2, -0.15) is 0 Å². The second-order valence-electron chi connectivity index (χ2n) is 24.2. The Labute approximate surface area is 514 Å². The topological polar surface area (TPSA) is 353 Å². The van der Waals surface area contributed by atoms with E-state index in [0.29, 0.717) is 43.0 Å². The van der Waals surface area contributed by atoms with Crippen molar-refractivity contribution in [3.05, 3.63) is 112 Å². The average Bonchev–Trinajstić information content (AvgIpc) is 2.81. The molecular formula is C62H79N10O14PS. The van der Waals surface area contributed by atoms with Gasteiger partial charge in [0.2, 0.25) is 41.4 Å². The van der Waals surface area contributed by atoms with Crippen LogP contribution >= 0.6 is 18.9 Å². The summed E-state index contributed by atoms with van der Waals surface area (Å²) in [4.78, 5) is 152. The first-order chi connectivity index (χ1) is 41.6. The molecule has 8 atom stereocenters. The summed E-state index contributed by atoms with van der Waals surface area (Å²) >= 11 is 1.56. The first-order valence-electron chi connectivity index (χ1n) is 29.6. The van der Waals surface area contributed by atoms with Gasteiger partial charge in [0, 0.05) is 74.9 Å². The van der Waals surface area contributed by atoms with Gasteiger partial charge in [0.05, 0.1) is 40.9 Å². The van der Waals surface area contributed by atoms with Gasteiger partial charge in [-0.05, 0) is 111 Å². The normalized spacial score (nSPS) is 19.9. The van der Waals surface area contributed by atoms with Gasteiger partial charge in [-0.15, -0.1) is 11.3 Å². The van der Waals surface area contributed by atoms with Crippen molar-refractivity contribution in [2.45, 2.75) is 167 Å². The van der Waals surface area contributed by atoms with E-state index in [-0.39, 0.29) is 93.9 Å². The van der Waals surface area contributed by atoms with E-state index in [1.54, 1.807) is 23.8 Å². The number of hydrogen-bond acceptors (Lipinski definition) is 14. The van der Waals surface area contributed by atoms with Gasteiger partial charge >= 0.3 is 7.60 Å². The molecule has 0 radical (unpaired) electrons. The van der Waals surface area contributed by atoms with Crippen LogP contribution in [-0.4, -0.2) is 160 Å². The van der Waals surface area contributed by atoms with Crippen LogP contribution in [0, 0.1) is 12.3 Å². The molecule has 3 saturated heterocycles. The molecule has 8 rings (SSSR count). The van der Waals surface area contributed by atoms with E-state index < -0.39 is 96.5 Å². The summed E-state index contributed by atoms with van der Waals surface area (Å²) in [5.41, 5.74) is 10.0. The van der Waals surface area contributed by atoms with Crippen molar-refractivity contribution in [3.63, 3.8) is 0 Å². The summed E-state index contributed by atoms with van der Waals surface area (Å²) in [6.45, 7) is 11.0. The Morgan fingerprint density at radius 2 is 1.58 bits per heavy atom. The molecule has 8 amide bonds. The highest BCUT2D eigenvalue weighted by Crippen LogP contribution is 2.40. The predicted molar refractivity (Wildman–Crippen MR) is 327 cm³/mol. The molecule has 88 heavy (non-hydrogen) atoms. The molecule has 26 heteroatoms. The lowest BCUT2D eigenvalue weighted by molar-refractivity contribution is -0.145. The molecule has 1 unspecified atom stereocenters. The van der Waals surface area contributed by atoms with E-state index in [0.717, 1.165) is 32.8 Å². The number of β-amino-alcohol motifs (C(OH)–C–C–N with tert-alkyl or cyclic N) is 1. The molecule has 472 valence electrons. The number of amides is 8. The minimum Gasteiger partial charge on any atom is -0.391 e. The second-order valence-corrected chi connectivity index (χ2v) is 26.6. The number of ether oxygens (including phenoxy) is 1. The van der Waals surface area contributed by atoms with Gasteiger partial charge in [0.15, 0.2) is 0 Å². The molecule has 0 spiro atoms. The van der Waals surface area contributed by atoms with Crippen molar-refractivity contribution in [2.75, 3.05) is 19.6 Å². The van der Waals surface area contributed by atoms with Crippen LogP contribution in [0.2, 0.25) is 0 Å². The summed E-state index contributed by atoms with van der Waals surface area (Å²) in [7, 11) is -5.08. The molecule has 3 aliphatic rings. The summed E-state index contributed by atoms with van der Waals surface area (Å²) in [5.74, 6) is -3.86. The number of rotatable bonds is 24. The number of likely N-dealkylation sites (tertiary alicyclic amines) is 1. The second kappa shape index (κ2) is 28.7. The molecule has 10 N–H and O–H groups in total. The molecular weight excluding hydrogens is 1170 g/mol. The number of unbranched alkanes of at least 4 members (excludes halogenated alkanes) is 1. The van der Waals surface area contributed by atoms with Crippen molar-refractivity contribution < 1.29 is 67.3 Å². The van der Waals surface area contributed by atoms with Crippen LogP contribution in [0.3, 0.4) is 0 Å². The maximum atomic E-state index is 14.6.